The summed E-state index contributed by atoms with van der Waals surface area (Å²) in [5.74, 6) is 1.73. The monoisotopic (exact) mass is 334 g/mol. The lowest BCUT2D eigenvalue weighted by Gasteiger charge is -2.34. The highest BCUT2D eigenvalue weighted by molar-refractivity contribution is 5.43. The van der Waals surface area contributed by atoms with E-state index in [0.29, 0.717) is 0 Å². The van der Waals surface area contributed by atoms with Gasteiger partial charge in [-0.25, -0.2) is 0 Å². The fraction of sp³-hybridized carbons (Fsp3) is 0.700. The molecule has 24 heavy (non-hydrogen) atoms. The molecule has 0 bridgehead atoms. The van der Waals surface area contributed by atoms with Crippen molar-refractivity contribution >= 4 is 0 Å². The lowest BCUT2D eigenvalue weighted by Crippen LogP contribution is -2.45. The predicted octanol–water partition coefficient (Wildman–Crippen LogP) is 3.79. The van der Waals surface area contributed by atoms with Crippen molar-refractivity contribution in [3.8, 4) is 11.5 Å². The molecule has 0 radical (unpaired) electrons. The van der Waals surface area contributed by atoms with Gasteiger partial charge in [-0.3, -0.25) is 4.90 Å². The highest BCUT2D eigenvalue weighted by Gasteiger charge is 2.16. The van der Waals surface area contributed by atoms with Gasteiger partial charge in [0.25, 0.3) is 0 Å². The number of benzene rings is 1. The van der Waals surface area contributed by atoms with Gasteiger partial charge in [-0.1, -0.05) is 39.2 Å². The Kier molecular flexibility index (Phi) is 8.40. The maximum atomic E-state index is 5.90. The van der Waals surface area contributed by atoms with Gasteiger partial charge in [0.05, 0.1) is 13.7 Å². The zero-order chi connectivity index (χ0) is 17.2. The lowest BCUT2D eigenvalue weighted by atomic mass is 10.1. The minimum atomic E-state index is 0.773. The largest absolute Gasteiger partial charge is 0.493 e. The fourth-order valence-electron chi connectivity index (χ4n) is 3.16. The topological polar surface area (TPSA) is 24.9 Å². The summed E-state index contributed by atoms with van der Waals surface area (Å²) in [7, 11) is 1.73. The Morgan fingerprint density at radius 2 is 1.67 bits per heavy atom. The van der Waals surface area contributed by atoms with Crippen LogP contribution in [0.3, 0.4) is 0 Å². The first kappa shape index (κ1) is 19.1. The summed E-state index contributed by atoms with van der Waals surface area (Å²) in [6.07, 6.45) is 4.89. The van der Waals surface area contributed by atoms with Crippen molar-refractivity contribution < 1.29 is 9.47 Å². The number of piperazine rings is 1. The number of rotatable bonds is 10. The Hall–Kier alpha value is -1.26. The molecule has 1 fully saturated rings. The van der Waals surface area contributed by atoms with Gasteiger partial charge in [0.2, 0.25) is 0 Å². The zero-order valence-corrected chi connectivity index (χ0v) is 15.7. The van der Waals surface area contributed by atoms with E-state index in [1.807, 2.05) is 0 Å². The van der Waals surface area contributed by atoms with Crippen LogP contribution in [0, 0.1) is 0 Å². The van der Waals surface area contributed by atoms with Crippen LogP contribution in [0.5, 0.6) is 11.5 Å². The van der Waals surface area contributed by atoms with E-state index < -0.39 is 0 Å². The number of unbranched alkanes of at least 4 members (excludes halogenated alkanes) is 3. The quantitative estimate of drug-likeness (QED) is 0.608. The molecule has 0 unspecified atom stereocenters. The number of nitrogens with zero attached hydrogens (tertiary/aromatic N) is 2. The molecule has 0 aliphatic carbocycles. The average molecular weight is 335 g/mol. The minimum absolute atomic E-state index is 0.773. The molecule has 1 aliphatic heterocycles. The van der Waals surface area contributed by atoms with Crippen LogP contribution in [0.2, 0.25) is 0 Å². The molecule has 0 atom stereocenters. The van der Waals surface area contributed by atoms with E-state index in [2.05, 4.69) is 41.8 Å². The van der Waals surface area contributed by atoms with Gasteiger partial charge in [-0.2, -0.15) is 0 Å². The Morgan fingerprint density at radius 1 is 0.917 bits per heavy atom. The van der Waals surface area contributed by atoms with Crippen molar-refractivity contribution in [2.24, 2.45) is 0 Å². The van der Waals surface area contributed by atoms with E-state index in [-0.39, 0.29) is 0 Å². The van der Waals surface area contributed by atoms with Crippen molar-refractivity contribution in [1.82, 2.24) is 9.80 Å². The summed E-state index contributed by atoms with van der Waals surface area (Å²) in [5.41, 5.74) is 1.30. The van der Waals surface area contributed by atoms with Crippen LogP contribution >= 0.6 is 0 Å². The second-order valence-corrected chi connectivity index (χ2v) is 6.60. The second-order valence-electron chi connectivity index (χ2n) is 6.60. The molecule has 136 valence electrons. The Morgan fingerprint density at radius 3 is 2.33 bits per heavy atom. The molecule has 4 nitrogen and oxygen atoms in total. The smallest absolute Gasteiger partial charge is 0.161 e. The van der Waals surface area contributed by atoms with Crippen LogP contribution < -0.4 is 9.47 Å². The third-order valence-electron chi connectivity index (χ3n) is 4.80. The highest BCUT2D eigenvalue weighted by atomic mass is 16.5. The first-order valence-corrected chi connectivity index (χ1v) is 9.51. The van der Waals surface area contributed by atoms with Crippen molar-refractivity contribution in [2.45, 2.75) is 46.1 Å². The van der Waals surface area contributed by atoms with Gasteiger partial charge in [-0.15, -0.1) is 0 Å². The summed E-state index contributed by atoms with van der Waals surface area (Å²) in [6.45, 7) is 12.0. The summed E-state index contributed by atoms with van der Waals surface area (Å²) in [6, 6.07) is 6.37. The molecule has 1 saturated heterocycles. The number of hydrogen-bond donors (Lipinski definition) is 0. The van der Waals surface area contributed by atoms with E-state index >= 15 is 0 Å². The van der Waals surface area contributed by atoms with Crippen molar-refractivity contribution in [1.29, 1.82) is 0 Å². The SMILES string of the molecule is CCCCCCOc1ccc(CN2CCN(CC)CC2)cc1OC. The molecule has 0 N–H and O–H groups in total. The van der Waals surface area contributed by atoms with E-state index in [1.54, 1.807) is 7.11 Å². The molecular weight excluding hydrogens is 300 g/mol. The Bertz CT molecular complexity index is 471. The summed E-state index contributed by atoms with van der Waals surface area (Å²) in [4.78, 5) is 5.03. The molecule has 0 saturated carbocycles. The molecule has 1 aromatic carbocycles. The molecule has 0 amide bonds. The molecule has 0 spiro atoms. The van der Waals surface area contributed by atoms with Crippen LogP contribution in [-0.2, 0) is 6.54 Å². The normalized spacial score (nSPS) is 16.3. The van der Waals surface area contributed by atoms with E-state index in [0.717, 1.165) is 50.7 Å². The maximum Gasteiger partial charge on any atom is 0.161 e. The molecule has 4 heteroatoms. The third-order valence-corrected chi connectivity index (χ3v) is 4.80. The predicted molar refractivity (Wildman–Crippen MR) is 100 cm³/mol. The van der Waals surface area contributed by atoms with Gasteiger partial charge in [0, 0.05) is 32.7 Å². The second kappa shape index (κ2) is 10.6. The molecule has 1 aromatic rings. The average Bonchev–Trinajstić information content (AvgIpc) is 2.63. The Labute approximate surface area is 147 Å². The van der Waals surface area contributed by atoms with Gasteiger partial charge in [-0.05, 0) is 30.7 Å². The Balaban J connectivity index is 1.84. The lowest BCUT2D eigenvalue weighted by molar-refractivity contribution is 0.132. The molecule has 2 rings (SSSR count). The third kappa shape index (κ3) is 5.99. The van der Waals surface area contributed by atoms with Gasteiger partial charge < -0.3 is 14.4 Å². The van der Waals surface area contributed by atoms with Crippen LogP contribution in [-0.4, -0.2) is 56.2 Å². The number of likely N-dealkylation sites (N-methyl/N-ethyl adjacent to an activating group) is 1. The fourth-order valence-corrected chi connectivity index (χ4v) is 3.16. The van der Waals surface area contributed by atoms with E-state index in [4.69, 9.17) is 9.47 Å². The number of ether oxygens (including phenoxy) is 2. The van der Waals surface area contributed by atoms with Crippen molar-refractivity contribution in [2.75, 3.05) is 46.4 Å². The minimum Gasteiger partial charge on any atom is -0.493 e. The number of hydrogen-bond acceptors (Lipinski definition) is 4. The first-order valence-electron chi connectivity index (χ1n) is 9.51. The summed E-state index contributed by atoms with van der Waals surface area (Å²) >= 11 is 0. The maximum absolute atomic E-state index is 5.90. The first-order chi connectivity index (χ1) is 11.8. The van der Waals surface area contributed by atoms with Crippen LogP contribution in [0.15, 0.2) is 18.2 Å². The van der Waals surface area contributed by atoms with Crippen molar-refractivity contribution in [3.05, 3.63) is 23.8 Å². The number of methoxy groups -OCH3 is 1. The van der Waals surface area contributed by atoms with Gasteiger partial charge >= 0.3 is 0 Å². The van der Waals surface area contributed by atoms with E-state index in [1.165, 1.54) is 37.9 Å². The molecule has 1 aliphatic rings. The van der Waals surface area contributed by atoms with Gasteiger partial charge in [0.1, 0.15) is 0 Å². The summed E-state index contributed by atoms with van der Waals surface area (Å²) in [5, 5.41) is 0. The zero-order valence-electron chi connectivity index (χ0n) is 15.7. The molecule has 0 aromatic heterocycles. The van der Waals surface area contributed by atoms with Crippen molar-refractivity contribution in [3.63, 3.8) is 0 Å². The highest BCUT2D eigenvalue weighted by Crippen LogP contribution is 2.29. The molecule has 1 heterocycles. The summed E-state index contributed by atoms with van der Waals surface area (Å²) < 4.78 is 11.4. The van der Waals surface area contributed by atoms with Crippen LogP contribution in [0.4, 0.5) is 0 Å². The standard InChI is InChI=1S/C20H34N2O2/c1-4-6-7-8-15-24-19-10-9-18(16-20(19)23-3)17-22-13-11-21(5-2)12-14-22/h9-10,16H,4-8,11-15,17H2,1-3H3. The van der Waals surface area contributed by atoms with Crippen LogP contribution in [0.1, 0.15) is 45.1 Å². The van der Waals surface area contributed by atoms with Crippen LogP contribution in [0.25, 0.3) is 0 Å². The van der Waals surface area contributed by atoms with Gasteiger partial charge in [0.15, 0.2) is 11.5 Å². The van der Waals surface area contributed by atoms with E-state index in [9.17, 15) is 0 Å². The molecular formula is C20H34N2O2.